The molecule has 0 bridgehead atoms. The van der Waals surface area contributed by atoms with Crippen molar-refractivity contribution in [1.29, 1.82) is 0 Å². The van der Waals surface area contributed by atoms with Crippen LogP contribution in [0.3, 0.4) is 0 Å². The number of nitrogens with one attached hydrogen (secondary N) is 3. The Hall–Kier alpha value is -2.70. The van der Waals surface area contributed by atoms with Crippen LogP contribution in [0.2, 0.25) is 0 Å². The molecule has 0 atom stereocenters. The lowest BCUT2D eigenvalue weighted by molar-refractivity contribution is -0.116. The van der Waals surface area contributed by atoms with Crippen LogP contribution in [0, 0.1) is 6.92 Å². The number of benzene rings is 1. The third-order valence-corrected chi connectivity index (χ3v) is 2.79. The van der Waals surface area contributed by atoms with Gasteiger partial charge in [-0.25, -0.2) is 9.89 Å². The van der Waals surface area contributed by atoms with Crippen LogP contribution in [-0.2, 0) is 11.2 Å². The number of H-pyrrole nitrogens is 2. The minimum atomic E-state index is -0.664. The number of para-hydroxylation sites is 1. The van der Waals surface area contributed by atoms with Gasteiger partial charge in [0.15, 0.2) is 0 Å². The maximum absolute atomic E-state index is 11.8. The highest BCUT2D eigenvalue weighted by Crippen LogP contribution is 2.13. The minimum Gasteiger partial charge on any atom is -0.326 e. The van der Waals surface area contributed by atoms with E-state index in [4.69, 9.17) is 0 Å². The molecule has 0 spiro atoms. The van der Waals surface area contributed by atoms with Gasteiger partial charge in [-0.3, -0.25) is 14.6 Å². The van der Waals surface area contributed by atoms with Crippen molar-refractivity contribution in [3.63, 3.8) is 0 Å². The van der Waals surface area contributed by atoms with E-state index in [0.717, 1.165) is 11.3 Å². The van der Waals surface area contributed by atoms with Crippen LogP contribution in [0.15, 0.2) is 33.9 Å². The van der Waals surface area contributed by atoms with Crippen LogP contribution in [0.25, 0.3) is 0 Å². The van der Waals surface area contributed by atoms with Gasteiger partial charge < -0.3 is 5.32 Å². The molecule has 3 N–H and O–H groups in total. The number of hydrogen-bond acceptors (Lipinski definition) is 4. The number of aryl methyl sites for hydroxylation is 2. The van der Waals surface area contributed by atoms with Crippen LogP contribution in [-0.4, -0.2) is 21.1 Å². The summed E-state index contributed by atoms with van der Waals surface area (Å²) >= 11 is 0. The molecule has 0 aliphatic rings. The Bertz CT molecular complexity index is 733. The van der Waals surface area contributed by atoms with Crippen molar-refractivity contribution < 1.29 is 4.79 Å². The second-order valence-corrected chi connectivity index (χ2v) is 4.32. The summed E-state index contributed by atoms with van der Waals surface area (Å²) in [5.74, 6) is -0.216. The largest absolute Gasteiger partial charge is 0.342 e. The van der Waals surface area contributed by atoms with E-state index in [1.807, 2.05) is 25.1 Å². The number of aromatic amines is 2. The van der Waals surface area contributed by atoms with Gasteiger partial charge in [-0.2, -0.15) is 5.10 Å². The molecule has 0 aliphatic heterocycles. The quantitative estimate of drug-likeness (QED) is 0.747. The van der Waals surface area contributed by atoms with Gasteiger partial charge in [0.05, 0.1) is 0 Å². The van der Waals surface area contributed by atoms with Gasteiger partial charge in [0.1, 0.15) is 5.69 Å². The smallest absolute Gasteiger partial charge is 0.326 e. The van der Waals surface area contributed by atoms with Gasteiger partial charge in [0.2, 0.25) is 5.91 Å². The maximum Gasteiger partial charge on any atom is 0.342 e. The summed E-state index contributed by atoms with van der Waals surface area (Å²) in [4.78, 5) is 36.1. The lowest BCUT2D eigenvalue weighted by Crippen LogP contribution is -2.28. The molecule has 7 nitrogen and oxygen atoms in total. The summed E-state index contributed by atoms with van der Waals surface area (Å²) in [7, 11) is 0. The average Bonchev–Trinajstić information content (AvgIpc) is 2.40. The summed E-state index contributed by atoms with van der Waals surface area (Å²) in [6.07, 6.45) is 0.264. The molecule has 1 aromatic heterocycles. The number of amides is 1. The third kappa shape index (κ3) is 3.41. The van der Waals surface area contributed by atoms with Crippen LogP contribution in [0.5, 0.6) is 0 Å². The lowest BCUT2D eigenvalue weighted by Gasteiger charge is -2.07. The molecule has 1 heterocycles. The number of nitrogens with zero attached hydrogens (tertiary/aromatic N) is 1. The summed E-state index contributed by atoms with van der Waals surface area (Å²) in [5.41, 5.74) is 0.590. The normalized spacial score (nSPS) is 10.2. The van der Waals surface area contributed by atoms with Crippen molar-refractivity contribution in [3.8, 4) is 0 Å². The number of carbonyl (C=O) groups is 1. The Morgan fingerprint density at radius 1 is 1.30 bits per heavy atom. The number of anilines is 1. The van der Waals surface area contributed by atoms with Gasteiger partial charge in [-0.05, 0) is 18.6 Å². The molecule has 0 saturated carbocycles. The Morgan fingerprint density at radius 2 is 2.05 bits per heavy atom. The van der Waals surface area contributed by atoms with E-state index in [9.17, 15) is 14.4 Å². The molecule has 0 aliphatic carbocycles. The minimum absolute atomic E-state index is 0.108. The van der Waals surface area contributed by atoms with E-state index >= 15 is 0 Å². The van der Waals surface area contributed by atoms with Gasteiger partial charge in [-0.15, -0.1) is 0 Å². The lowest BCUT2D eigenvalue weighted by atomic mass is 10.2. The first-order valence-corrected chi connectivity index (χ1v) is 6.09. The first kappa shape index (κ1) is 13.7. The van der Waals surface area contributed by atoms with E-state index in [2.05, 4.69) is 20.5 Å². The Balaban J connectivity index is 1.97. The Labute approximate surface area is 114 Å². The zero-order valence-corrected chi connectivity index (χ0v) is 10.9. The van der Waals surface area contributed by atoms with E-state index in [-0.39, 0.29) is 24.4 Å². The van der Waals surface area contributed by atoms with E-state index < -0.39 is 11.2 Å². The second kappa shape index (κ2) is 5.96. The molecule has 20 heavy (non-hydrogen) atoms. The molecular formula is C13H14N4O3. The van der Waals surface area contributed by atoms with Crippen LogP contribution in [0.4, 0.5) is 5.69 Å². The van der Waals surface area contributed by atoms with Gasteiger partial charge in [0, 0.05) is 18.5 Å². The second-order valence-electron chi connectivity index (χ2n) is 4.32. The fourth-order valence-corrected chi connectivity index (χ4v) is 1.70. The van der Waals surface area contributed by atoms with Crippen molar-refractivity contribution in [2.45, 2.75) is 19.8 Å². The van der Waals surface area contributed by atoms with Gasteiger partial charge >= 0.3 is 5.69 Å². The molecule has 0 radical (unpaired) electrons. The highest BCUT2D eigenvalue weighted by Gasteiger charge is 2.08. The molecule has 104 valence electrons. The molecular weight excluding hydrogens is 260 g/mol. The van der Waals surface area contributed by atoms with Crippen LogP contribution >= 0.6 is 0 Å². The molecule has 7 heteroatoms. The van der Waals surface area contributed by atoms with Crippen molar-refractivity contribution in [3.05, 3.63) is 56.4 Å². The van der Waals surface area contributed by atoms with Gasteiger partial charge in [0.25, 0.3) is 5.56 Å². The van der Waals surface area contributed by atoms with E-state index in [1.165, 1.54) is 0 Å². The maximum atomic E-state index is 11.8. The first-order chi connectivity index (χ1) is 9.56. The number of aromatic nitrogens is 3. The first-order valence-electron chi connectivity index (χ1n) is 6.09. The number of carbonyl (C=O) groups excluding carboxylic acids is 1. The van der Waals surface area contributed by atoms with E-state index in [1.54, 1.807) is 6.07 Å². The SMILES string of the molecule is Cc1ccccc1NC(=O)CCc1n[nH]c(=O)[nH]c1=O. The standard InChI is InChI=1S/C13H14N4O3/c1-8-4-2-3-5-9(8)14-11(18)7-6-10-12(19)15-13(20)17-16-10/h2-5H,6-7H2,1H3,(H,14,18)(H2,15,17,19,20). The topological polar surface area (TPSA) is 108 Å². The monoisotopic (exact) mass is 274 g/mol. The number of rotatable bonds is 4. The summed E-state index contributed by atoms with van der Waals surface area (Å²) in [6, 6.07) is 7.41. The molecule has 2 aromatic rings. The van der Waals surface area contributed by atoms with Crippen molar-refractivity contribution in [2.75, 3.05) is 5.32 Å². The molecule has 0 saturated heterocycles. The van der Waals surface area contributed by atoms with Crippen LogP contribution < -0.4 is 16.6 Å². The zero-order valence-electron chi connectivity index (χ0n) is 10.9. The fraction of sp³-hybridized carbons (Fsp3) is 0.231. The Morgan fingerprint density at radius 3 is 2.75 bits per heavy atom. The average molecular weight is 274 g/mol. The predicted octanol–water partition coefficient (Wildman–Crippen LogP) is 0.338. The fourth-order valence-electron chi connectivity index (χ4n) is 1.70. The molecule has 1 amide bonds. The van der Waals surface area contributed by atoms with Gasteiger partial charge in [-0.1, -0.05) is 18.2 Å². The zero-order chi connectivity index (χ0) is 14.5. The third-order valence-electron chi connectivity index (χ3n) is 2.79. The number of hydrogen-bond donors (Lipinski definition) is 3. The highest BCUT2D eigenvalue weighted by molar-refractivity contribution is 5.91. The van der Waals surface area contributed by atoms with Crippen LogP contribution in [0.1, 0.15) is 17.7 Å². The van der Waals surface area contributed by atoms with Crippen molar-refractivity contribution in [2.24, 2.45) is 0 Å². The Kier molecular flexibility index (Phi) is 4.09. The highest BCUT2D eigenvalue weighted by atomic mass is 16.2. The molecule has 0 fully saturated rings. The molecule has 1 aromatic carbocycles. The molecule has 0 unspecified atom stereocenters. The summed E-state index contributed by atoms with van der Waals surface area (Å²) < 4.78 is 0. The summed E-state index contributed by atoms with van der Waals surface area (Å²) in [5, 5.41) is 8.50. The van der Waals surface area contributed by atoms with Crippen molar-refractivity contribution >= 4 is 11.6 Å². The summed E-state index contributed by atoms with van der Waals surface area (Å²) in [6.45, 7) is 1.89. The molecule has 2 rings (SSSR count). The van der Waals surface area contributed by atoms with Crippen molar-refractivity contribution in [1.82, 2.24) is 15.2 Å². The van der Waals surface area contributed by atoms with E-state index in [0.29, 0.717) is 0 Å². The predicted molar refractivity (Wildman–Crippen MR) is 73.6 cm³/mol.